The van der Waals surface area contributed by atoms with Crippen LogP contribution >= 0.6 is 11.3 Å². The maximum Gasteiger partial charge on any atom is 0.356 e. The van der Waals surface area contributed by atoms with Crippen LogP contribution in [0.2, 0.25) is 0 Å². The molecule has 0 aliphatic carbocycles. The van der Waals surface area contributed by atoms with Crippen LogP contribution in [-0.4, -0.2) is 46.0 Å². The number of hydrogen-bond acceptors (Lipinski definition) is 7. The molecule has 0 saturated carbocycles. The number of nitrogens with zero attached hydrogens (tertiary/aromatic N) is 4. The van der Waals surface area contributed by atoms with Crippen LogP contribution < -0.4 is 4.72 Å². The Labute approximate surface area is 118 Å². The molecule has 2 heterocycles. The second-order valence-corrected chi connectivity index (χ2v) is 6.53. The van der Waals surface area contributed by atoms with Crippen molar-refractivity contribution in [2.45, 2.75) is 17.2 Å². The molecule has 11 heteroatoms. The highest BCUT2D eigenvalue weighted by Gasteiger charge is 2.25. The summed E-state index contributed by atoms with van der Waals surface area (Å²) in [5.41, 5.74) is 0.728. The van der Waals surface area contributed by atoms with Gasteiger partial charge in [-0.05, 0) is 6.42 Å². The van der Waals surface area contributed by atoms with E-state index in [1.54, 1.807) is 10.9 Å². The highest BCUT2D eigenvalue weighted by Crippen LogP contribution is 2.19. The molecule has 0 radical (unpaired) electrons. The maximum absolute atomic E-state index is 11.9. The Morgan fingerprint density at radius 1 is 1.50 bits per heavy atom. The van der Waals surface area contributed by atoms with Crippen molar-refractivity contribution in [3.05, 3.63) is 23.6 Å². The Balaban J connectivity index is 1.94. The van der Waals surface area contributed by atoms with Crippen LogP contribution in [0.15, 0.2) is 22.1 Å². The van der Waals surface area contributed by atoms with Crippen molar-refractivity contribution in [3.8, 4) is 0 Å². The molecule has 2 aromatic heterocycles. The lowest BCUT2D eigenvalue weighted by atomic mass is 10.4. The minimum absolute atomic E-state index is 0.166. The van der Waals surface area contributed by atoms with Gasteiger partial charge in [0.25, 0.3) is 10.0 Å². The van der Waals surface area contributed by atoms with Crippen molar-refractivity contribution in [2.75, 3.05) is 6.54 Å². The fourth-order valence-electron chi connectivity index (χ4n) is 1.43. The van der Waals surface area contributed by atoms with Crippen molar-refractivity contribution >= 4 is 27.3 Å². The average Bonchev–Trinajstić information content (AvgIpc) is 3.05. The molecule has 2 rings (SSSR count). The van der Waals surface area contributed by atoms with Gasteiger partial charge in [-0.3, -0.25) is 4.68 Å². The number of aromatic carboxylic acids is 1. The lowest BCUT2D eigenvalue weighted by molar-refractivity contribution is 0.0687. The van der Waals surface area contributed by atoms with Crippen molar-refractivity contribution in [3.63, 3.8) is 0 Å². The largest absolute Gasteiger partial charge is 0.476 e. The van der Waals surface area contributed by atoms with Crippen LogP contribution in [0, 0.1) is 0 Å². The smallest absolute Gasteiger partial charge is 0.356 e. The summed E-state index contributed by atoms with van der Waals surface area (Å²) in [6.45, 7) is 0.677. The molecule has 0 atom stereocenters. The number of carboxylic acids is 1. The highest BCUT2D eigenvalue weighted by atomic mass is 32.2. The average molecular weight is 317 g/mol. The first-order valence-electron chi connectivity index (χ1n) is 5.51. The molecule has 0 amide bonds. The third-order valence-electron chi connectivity index (χ3n) is 2.31. The van der Waals surface area contributed by atoms with Crippen LogP contribution in [0.5, 0.6) is 0 Å². The number of carboxylic acid groups (broad SMARTS) is 1. The molecule has 20 heavy (non-hydrogen) atoms. The van der Waals surface area contributed by atoms with E-state index in [1.807, 2.05) is 0 Å². The molecule has 0 bridgehead atoms. The molecular formula is C9H11N5O4S2. The van der Waals surface area contributed by atoms with Crippen LogP contribution in [-0.2, 0) is 16.6 Å². The van der Waals surface area contributed by atoms with Gasteiger partial charge < -0.3 is 5.11 Å². The van der Waals surface area contributed by atoms with Crippen LogP contribution in [0.1, 0.15) is 16.9 Å². The highest BCUT2D eigenvalue weighted by molar-refractivity contribution is 7.91. The Kier molecular flexibility index (Phi) is 4.42. The first kappa shape index (κ1) is 14.6. The number of carbonyl (C=O) groups is 1. The Morgan fingerprint density at radius 2 is 2.30 bits per heavy atom. The van der Waals surface area contributed by atoms with E-state index < -0.39 is 21.7 Å². The van der Waals surface area contributed by atoms with Crippen LogP contribution in [0.25, 0.3) is 0 Å². The number of rotatable bonds is 7. The summed E-state index contributed by atoms with van der Waals surface area (Å²) in [6.07, 6.45) is 3.70. The SMILES string of the molecule is O=C(O)c1ncsc1S(=O)(=O)NCCCn1ccnn1. The molecule has 0 saturated heterocycles. The van der Waals surface area contributed by atoms with E-state index in [-0.39, 0.29) is 10.8 Å². The summed E-state index contributed by atoms with van der Waals surface area (Å²) in [7, 11) is -3.85. The monoisotopic (exact) mass is 317 g/mol. The van der Waals surface area contributed by atoms with Gasteiger partial charge in [-0.2, -0.15) is 0 Å². The Morgan fingerprint density at radius 3 is 2.95 bits per heavy atom. The Bertz CT molecular complexity index is 679. The molecule has 2 aromatic rings. The predicted molar refractivity (Wildman–Crippen MR) is 68.9 cm³/mol. The van der Waals surface area contributed by atoms with Crippen molar-refractivity contribution < 1.29 is 18.3 Å². The number of aryl methyl sites for hydroxylation is 1. The second kappa shape index (κ2) is 6.07. The van der Waals surface area contributed by atoms with Crippen molar-refractivity contribution in [1.29, 1.82) is 0 Å². The van der Waals surface area contributed by atoms with Crippen LogP contribution in [0.3, 0.4) is 0 Å². The summed E-state index contributed by atoms with van der Waals surface area (Å²) >= 11 is 0.771. The minimum Gasteiger partial charge on any atom is -0.476 e. The first-order valence-corrected chi connectivity index (χ1v) is 7.87. The fourth-order valence-corrected chi connectivity index (χ4v) is 3.69. The van der Waals surface area contributed by atoms with Gasteiger partial charge in [0.1, 0.15) is 0 Å². The van der Waals surface area contributed by atoms with Gasteiger partial charge in [0.05, 0.1) is 11.7 Å². The van der Waals surface area contributed by atoms with Gasteiger partial charge >= 0.3 is 5.97 Å². The first-order chi connectivity index (χ1) is 9.50. The fraction of sp³-hybridized carbons (Fsp3) is 0.333. The molecular weight excluding hydrogens is 306 g/mol. The minimum atomic E-state index is -3.85. The summed E-state index contributed by atoms with van der Waals surface area (Å²) in [6, 6.07) is 0. The Hall–Kier alpha value is -1.85. The van der Waals surface area contributed by atoms with E-state index in [4.69, 9.17) is 5.11 Å². The maximum atomic E-state index is 11.9. The number of nitrogens with one attached hydrogen (secondary N) is 1. The number of thiazole rings is 1. The third kappa shape index (κ3) is 3.37. The number of hydrogen-bond donors (Lipinski definition) is 2. The quantitative estimate of drug-likeness (QED) is 0.677. The van der Waals surface area contributed by atoms with Gasteiger partial charge in [-0.1, -0.05) is 5.21 Å². The molecule has 0 aromatic carbocycles. The molecule has 0 unspecified atom stereocenters. The van der Waals surface area contributed by atoms with E-state index in [0.29, 0.717) is 13.0 Å². The van der Waals surface area contributed by atoms with E-state index in [9.17, 15) is 13.2 Å². The molecule has 0 aliphatic rings. The zero-order chi connectivity index (χ0) is 14.6. The molecule has 108 valence electrons. The summed E-state index contributed by atoms with van der Waals surface area (Å²) in [4.78, 5) is 14.4. The van der Waals surface area contributed by atoms with Crippen LogP contribution in [0.4, 0.5) is 0 Å². The van der Waals surface area contributed by atoms with E-state index >= 15 is 0 Å². The zero-order valence-corrected chi connectivity index (χ0v) is 11.8. The molecule has 2 N–H and O–H groups in total. The predicted octanol–water partition coefficient (Wildman–Crippen LogP) is -0.199. The lowest BCUT2D eigenvalue weighted by Crippen LogP contribution is -2.26. The van der Waals surface area contributed by atoms with Gasteiger partial charge in [0.15, 0.2) is 9.90 Å². The van der Waals surface area contributed by atoms with Crippen molar-refractivity contribution in [2.24, 2.45) is 0 Å². The molecule has 0 aliphatic heterocycles. The number of sulfonamides is 1. The third-order valence-corrected chi connectivity index (χ3v) is 5.14. The normalized spacial score (nSPS) is 11.6. The van der Waals surface area contributed by atoms with Gasteiger partial charge in [0.2, 0.25) is 0 Å². The van der Waals surface area contributed by atoms with E-state index in [0.717, 1.165) is 11.3 Å². The topological polar surface area (TPSA) is 127 Å². The van der Waals surface area contributed by atoms with Gasteiger partial charge in [-0.25, -0.2) is 22.9 Å². The summed E-state index contributed by atoms with van der Waals surface area (Å²) in [5, 5.41) is 16.2. The molecule has 9 nitrogen and oxygen atoms in total. The lowest BCUT2D eigenvalue weighted by Gasteiger charge is -2.05. The van der Waals surface area contributed by atoms with Crippen molar-refractivity contribution in [1.82, 2.24) is 24.7 Å². The second-order valence-electron chi connectivity index (χ2n) is 3.71. The summed E-state index contributed by atoms with van der Waals surface area (Å²) < 4.78 is 27.5. The molecule has 0 spiro atoms. The van der Waals surface area contributed by atoms with E-state index in [1.165, 1.54) is 11.7 Å². The zero-order valence-electron chi connectivity index (χ0n) is 10.1. The van der Waals surface area contributed by atoms with E-state index in [2.05, 4.69) is 20.0 Å². The van der Waals surface area contributed by atoms with Gasteiger partial charge in [-0.15, -0.1) is 16.4 Å². The molecule has 0 fully saturated rings. The van der Waals surface area contributed by atoms with Gasteiger partial charge in [0, 0.05) is 19.3 Å². The standard InChI is InChI=1S/C9H11N5O4S2/c15-8(16)7-9(19-6-10-7)20(17,18)12-2-1-4-14-5-3-11-13-14/h3,5-6,12H,1-2,4H2,(H,15,16). The number of aromatic nitrogens is 4. The summed E-state index contributed by atoms with van der Waals surface area (Å²) in [5.74, 6) is -1.37.